The van der Waals surface area contributed by atoms with E-state index >= 15 is 0 Å². The first-order valence-electron chi connectivity index (χ1n) is 6.10. The second-order valence-corrected chi connectivity index (χ2v) is 4.56. The Bertz CT molecular complexity index is 380. The third-order valence-corrected chi connectivity index (χ3v) is 3.42. The van der Waals surface area contributed by atoms with Gasteiger partial charge in [0.2, 0.25) is 0 Å². The fourth-order valence-electron chi connectivity index (χ4n) is 2.21. The van der Waals surface area contributed by atoms with Gasteiger partial charge in [-0.05, 0) is 44.0 Å². The fraction of sp³-hybridized carbons (Fsp3) is 0.500. The molecule has 1 aromatic carbocycles. The molecule has 0 amide bonds. The first-order chi connectivity index (χ1) is 8.18. The summed E-state index contributed by atoms with van der Waals surface area (Å²) in [6.45, 7) is 3.29. The molecule has 17 heavy (non-hydrogen) atoms. The molecule has 0 bridgehead atoms. The van der Waals surface area contributed by atoms with Gasteiger partial charge in [-0.1, -0.05) is 0 Å². The van der Waals surface area contributed by atoms with Gasteiger partial charge in [0, 0.05) is 37.6 Å². The van der Waals surface area contributed by atoms with Crippen LogP contribution in [0.5, 0.6) is 0 Å². The lowest BCUT2D eigenvalue weighted by atomic mass is 10.1. The monoisotopic (exact) mass is 233 g/mol. The van der Waals surface area contributed by atoms with E-state index in [1.54, 1.807) is 6.92 Å². The normalized spacial score (nSPS) is 16.8. The number of hydrogen-bond acceptors (Lipinski definition) is 3. The first kappa shape index (κ1) is 12.1. The number of carbonyl (C=O) groups excluding carboxylic acids is 1. The Morgan fingerprint density at radius 1 is 1.24 bits per heavy atom. The maximum Gasteiger partial charge on any atom is 0.159 e. The van der Waals surface area contributed by atoms with Gasteiger partial charge in [0.25, 0.3) is 0 Å². The van der Waals surface area contributed by atoms with Crippen LogP contribution in [0.3, 0.4) is 0 Å². The Morgan fingerprint density at radius 3 is 2.35 bits per heavy atom. The quantitative estimate of drug-likeness (QED) is 0.751. The highest BCUT2D eigenvalue weighted by Gasteiger charge is 2.18. The van der Waals surface area contributed by atoms with Gasteiger partial charge in [-0.2, -0.15) is 0 Å². The standard InChI is InChI=1S/C14H19NO2/c1-11(16)12-3-5-13(6-4-12)15(2)14-7-9-17-10-8-14/h3-6,14H,7-10H2,1-2H3. The summed E-state index contributed by atoms with van der Waals surface area (Å²) in [5.41, 5.74) is 1.94. The lowest BCUT2D eigenvalue weighted by Gasteiger charge is -2.33. The smallest absolute Gasteiger partial charge is 0.159 e. The largest absolute Gasteiger partial charge is 0.381 e. The van der Waals surface area contributed by atoms with Crippen LogP contribution in [-0.4, -0.2) is 32.1 Å². The van der Waals surface area contributed by atoms with Crippen molar-refractivity contribution in [1.82, 2.24) is 0 Å². The van der Waals surface area contributed by atoms with E-state index < -0.39 is 0 Å². The molecule has 0 radical (unpaired) electrons. The van der Waals surface area contributed by atoms with Crippen LogP contribution >= 0.6 is 0 Å². The van der Waals surface area contributed by atoms with Crippen molar-refractivity contribution in [2.75, 3.05) is 25.2 Å². The summed E-state index contributed by atoms with van der Waals surface area (Å²) in [4.78, 5) is 13.5. The first-order valence-corrected chi connectivity index (χ1v) is 6.10. The minimum absolute atomic E-state index is 0.116. The van der Waals surface area contributed by atoms with Crippen molar-refractivity contribution in [3.8, 4) is 0 Å². The molecule has 1 saturated heterocycles. The average molecular weight is 233 g/mol. The van der Waals surface area contributed by atoms with E-state index in [0.29, 0.717) is 6.04 Å². The third kappa shape index (κ3) is 2.86. The Labute approximate surface area is 102 Å². The van der Waals surface area contributed by atoms with E-state index in [1.165, 1.54) is 5.69 Å². The molecule has 1 aliphatic heterocycles. The molecular weight excluding hydrogens is 214 g/mol. The van der Waals surface area contributed by atoms with Crippen molar-refractivity contribution in [3.05, 3.63) is 29.8 Å². The molecule has 0 atom stereocenters. The molecule has 0 spiro atoms. The van der Waals surface area contributed by atoms with Gasteiger partial charge in [0.05, 0.1) is 0 Å². The lowest BCUT2D eigenvalue weighted by molar-refractivity contribution is 0.0855. The van der Waals surface area contributed by atoms with Crippen molar-refractivity contribution in [3.63, 3.8) is 0 Å². The third-order valence-electron chi connectivity index (χ3n) is 3.42. The number of carbonyl (C=O) groups is 1. The predicted molar refractivity (Wildman–Crippen MR) is 68.7 cm³/mol. The molecule has 1 heterocycles. The molecular formula is C14H19NO2. The Kier molecular flexibility index (Phi) is 3.79. The Balaban J connectivity index is 2.07. The maximum absolute atomic E-state index is 11.2. The number of ketones is 1. The summed E-state index contributed by atoms with van der Waals surface area (Å²) in [5, 5.41) is 0. The molecule has 0 unspecified atom stereocenters. The summed E-state index contributed by atoms with van der Waals surface area (Å²) in [7, 11) is 2.11. The summed E-state index contributed by atoms with van der Waals surface area (Å²) in [6.07, 6.45) is 2.15. The minimum atomic E-state index is 0.116. The van der Waals surface area contributed by atoms with Gasteiger partial charge in [0.1, 0.15) is 0 Å². The number of Topliss-reactive ketones (excluding diaryl/α,β-unsaturated/α-hetero) is 1. The molecule has 0 N–H and O–H groups in total. The zero-order chi connectivity index (χ0) is 12.3. The fourth-order valence-corrected chi connectivity index (χ4v) is 2.21. The molecule has 1 aromatic rings. The van der Waals surface area contributed by atoms with E-state index in [-0.39, 0.29) is 5.78 Å². The zero-order valence-electron chi connectivity index (χ0n) is 10.5. The zero-order valence-corrected chi connectivity index (χ0v) is 10.5. The van der Waals surface area contributed by atoms with Crippen LogP contribution in [0.4, 0.5) is 5.69 Å². The highest BCUT2D eigenvalue weighted by atomic mass is 16.5. The lowest BCUT2D eigenvalue weighted by Crippen LogP contribution is -2.36. The molecule has 0 aliphatic carbocycles. The van der Waals surface area contributed by atoms with Gasteiger partial charge in [-0.3, -0.25) is 4.79 Å². The van der Waals surface area contributed by atoms with Gasteiger partial charge in [-0.25, -0.2) is 0 Å². The molecule has 2 rings (SSSR count). The SMILES string of the molecule is CC(=O)c1ccc(N(C)C2CCOCC2)cc1. The van der Waals surface area contributed by atoms with E-state index in [4.69, 9.17) is 4.74 Å². The van der Waals surface area contributed by atoms with Gasteiger partial charge >= 0.3 is 0 Å². The molecule has 92 valence electrons. The van der Waals surface area contributed by atoms with Crippen LogP contribution in [0, 0.1) is 0 Å². The van der Waals surface area contributed by atoms with Crippen molar-refractivity contribution >= 4 is 11.5 Å². The Hall–Kier alpha value is -1.35. The van der Waals surface area contributed by atoms with Gasteiger partial charge < -0.3 is 9.64 Å². The number of anilines is 1. The topological polar surface area (TPSA) is 29.5 Å². The highest BCUT2D eigenvalue weighted by Crippen LogP contribution is 2.21. The van der Waals surface area contributed by atoms with Crippen LogP contribution in [0.25, 0.3) is 0 Å². The minimum Gasteiger partial charge on any atom is -0.381 e. The van der Waals surface area contributed by atoms with Crippen LogP contribution in [0.2, 0.25) is 0 Å². The highest BCUT2D eigenvalue weighted by molar-refractivity contribution is 5.94. The van der Waals surface area contributed by atoms with Crippen molar-refractivity contribution in [1.29, 1.82) is 0 Å². The number of nitrogens with zero attached hydrogens (tertiary/aromatic N) is 1. The number of ether oxygens (including phenoxy) is 1. The van der Waals surface area contributed by atoms with Gasteiger partial charge in [-0.15, -0.1) is 0 Å². The second kappa shape index (κ2) is 5.32. The Morgan fingerprint density at radius 2 is 1.82 bits per heavy atom. The molecule has 3 heteroatoms. The van der Waals surface area contributed by atoms with Crippen LogP contribution in [0.1, 0.15) is 30.1 Å². The number of rotatable bonds is 3. The molecule has 3 nitrogen and oxygen atoms in total. The second-order valence-electron chi connectivity index (χ2n) is 4.56. The van der Waals surface area contributed by atoms with Crippen LogP contribution in [-0.2, 0) is 4.74 Å². The number of hydrogen-bond donors (Lipinski definition) is 0. The predicted octanol–water partition coefficient (Wildman–Crippen LogP) is 2.50. The van der Waals surface area contributed by atoms with E-state index in [9.17, 15) is 4.79 Å². The molecule has 1 fully saturated rings. The van der Waals surface area contributed by atoms with Crippen molar-refractivity contribution < 1.29 is 9.53 Å². The average Bonchev–Trinajstić information content (AvgIpc) is 2.39. The molecule has 1 aliphatic rings. The summed E-state index contributed by atoms with van der Waals surface area (Å²) in [6, 6.07) is 8.38. The van der Waals surface area contributed by atoms with Crippen molar-refractivity contribution in [2.24, 2.45) is 0 Å². The molecule has 0 aromatic heterocycles. The van der Waals surface area contributed by atoms with Crippen LogP contribution in [0.15, 0.2) is 24.3 Å². The van der Waals surface area contributed by atoms with E-state index in [1.807, 2.05) is 24.3 Å². The van der Waals surface area contributed by atoms with Crippen LogP contribution < -0.4 is 4.90 Å². The number of benzene rings is 1. The van der Waals surface area contributed by atoms with Crippen molar-refractivity contribution in [2.45, 2.75) is 25.8 Å². The molecule has 0 saturated carbocycles. The summed E-state index contributed by atoms with van der Waals surface area (Å²) < 4.78 is 5.36. The maximum atomic E-state index is 11.2. The van der Waals surface area contributed by atoms with E-state index in [2.05, 4.69) is 11.9 Å². The van der Waals surface area contributed by atoms with E-state index in [0.717, 1.165) is 31.6 Å². The summed E-state index contributed by atoms with van der Waals surface area (Å²) >= 11 is 0. The summed E-state index contributed by atoms with van der Waals surface area (Å²) in [5.74, 6) is 0.116. The van der Waals surface area contributed by atoms with Gasteiger partial charge in [0.15, 0.2) is 5.78 Å².